The monoisotopic (exact) mass is 340 g/mol. The molecule has 1 aromatic heterocycles. The number of amides is 2. The van der Waals surface area contributed by atoms with E-state index in [1.807, 2.05) is 39.0 Å². The molecular formula is C20H24N2O3. The van der Waals surface area contributed by atoms with E-state index in [0.29, 0.717) is 19.6 Å². The molecule has 0 bridgehead atoms. The van der Waals surface area contributed by atoms with Gasteiger partial charge in [0, 0.05) is 25.2 Å². The van der Waals surface area contributed by atoms with Crippen LogP contribution < -0.4 is 4.90 Å². The van der Waals surface area contributed by atoms with Crippen molar-refractivity contribution in [1.82, 2.24) is 4.90 Å². The van der Waals surface area contributed by atoms with Crippen LogP contribution in [0.25, 0.3) is 0 Å². The minimum atomic E-state index is -0.303. The number of aryl methyl sites for hydroxylation is 2. The first-order valence-corrected chi connectivity index (χ1v) is 8.67. The van der Waals surface area contributed by atoms with E-state index in [-0.39, 0.29) is 24.2 Å². The van der Waals surface area contributed by atoms with Crippen LogP contribution in [-0.4, -0.2) is 29.8 Å². The average molecular weight is 340 g/mol. The Morgan fingerprint density at radius 1 is 1.28 bits per heavy atom. The quantitative estimate of drug-likeness (QED) is 0.839. The Balaban J connectivity index is 1.74. The van der Waals surface area contributed by atoms with E-state index in [1.165, 1.54) is 0 Å². The number of anilines is 1. The van der Waals surface area contributed by atoms with Gasteiger partial charge in [-0.3, -0.25) is 9.59 Å². The van der Waals surface area contributed by atoms with E-state index in [9.17, 15) is 9.59 Å². The van der Waals surface area contributed by atoms with Crippen LogP contribution in [0.5, 0.6) is 0 Å². The number of carbonyl (C=O) groups excluding carboxylic acids is 2. The Hall–Kier alpha value is -2.56. The molecule has 5 heteroatoms. The number of hydrogen-bond acceptors (Lipinski definition) is 3. The van der Waals surface area contributed by atoms with E-state index >= 15 is 0 Å². The molecule has 1 atom stereocenters. The lowest BCUT2D eigenvalue weighted by molar-refractivity contribution is -0.129. The first-order chi connectivity index (χ1) is 12.0. The normalized spacial score (nSPS) is 17.2. The first kappa shape index (κ1) is 17.3. The van der Waals surface area contributed by atoms with Crippen molar-refractivity contribution in [3.05, 3.63) is 53.5 Å². The van der Waals surface area contributed by atoms with Crippen molar-refractivity contribution in [3.63, 3.8) is 0 Å². The Labute approximate surface area is 148 Å². The summed E-state index contributed by atoms with van der Waals surface area (Å²) in [4.78, 5) is 28.8. The lowest BCUT2D eigenvalue weighted by Gasteiger charge is -2.25. The lowest BCUT2D eigenvalue weighted by Crippen LogP contribution is -2.37. The molecule has 0 radical (unpaired) electrons. The number of likely N-dealkylation sites (tertiary alicyclic amines) is 1. The fraction of sp³-hybridized carbons (Fsp3) is 0.400. The summed E-state index contributed by atoms with van der Waals surface area (Å²) in [7, 11) is 0. The van der Waals surface area contributed by atoms with Crippen molar-refractivity contribution in [1.29, 1.82) is 0 Å². The van der Waals surface area contributed by atoms with Gasteiger partial charge in [0.15, 0.2) is 0 Å². The zero-order chi connectivity index (χ0) is 18.0. The molecule has 2 aromatic rings. The first-order valence-electron chi connectivity index (χ1n) is 8.67. The third-order valence-electron chi connectivity index (χ3n) is 4.59. The summed E-state index contributed by atoms with van der Waals surface area (Å²) in [5.74, 6) is 0.459. The largest absolute Gasteiger partial charge is 0.467 e. The SMILES string of the molecule is CCN(C(=O)C1CC(=O)N(Cc2ccco2)C1)c1cc(C)cc(C)c1. The fourth-order valence-corrected chi connectivity index (χ4v) is 3.47. The molecule has 5 nitrogen and oxygen atoms in total. The average Bonchev–Trinajstić information content (AvgIpc) is 3.18. The minimum absolute atomic E-state index is 0.00576. The maximum atomic E-state index is 13.0. The van der Waals surface area contributed by atoms with Crippen LogP contribution in [0, 0.1) is 19.8 Å². The number of benzene rings is 1. The molecule has 2 amide bonds. The van der Waals surface area contributed by atoms with Crippen LogP contribution in [0.3, 0.4) is 0 Å². The number of rotatable bonds is 5. The minimum Gasteiger partial charge on any atom is -0.467 e. The van der Waals surface area contributed by atoms with Crippen molar-refractivity contribution in [2.45, 2.75) is 33.7 Å². The van der Waals surface area contributed by atoms with Gasteiger partial charge in [-0.15, -0.1) is 0 Å². The Morgan fingerprint density at radius 2 is 2.00 bits per heavy atom. The third-order valence-corrected chi connectivity index (χ3v) is 4.59. The van der Waals surface area contributed by atoms with Crippen LogP contribution in [0.15, 0.2) is 41.0 Å². The molecule has 1 unspecified atom stereocenters. The second-order valence-corrected chi connectivity index (χ2v) is 6.68. The number of nitrogens with zero attached hydrogens (tertiary/aromatic N) is 2. The third kappa shape index (κ3) is 3.76. The van der Waals surface area contributed by atoms with E-state index in [1.54, 1.807) is 22.1 Å². The topological polar surface area (TPSA) is 53.8 Å². The van der Waals surface area contributed by atoms with Gasteiger partial charge in [-0.1, -0.05) is 6.07 Å². The summed E-state index contributed by atoms with van der Waals surface area (Å²) in [6.45, 7) is 7.47. The van der Waals surface area contributed by atoms with Crippen molar-refractivity contribution in [2.75, 3.05) is 18.0 Å². The Kier molecular flexibility index (Phi) is 4.93. The molecule has 1 aromatic carbocycles. The second-order valence-electron chi connectivity index (χ2n) is 6.68. The van der Waals surface area contributed by atoms with Crippen LogP contribution in [0.4, 0.5) is 5.69 Å². The molecule has 25 heavy (non-hydrogen) atoms. The van der Waals surface area contributed by atoms with E-state index < -0.39 is 0 Å². The van der Waals surface area contributed by atoms with Gasteiger partial charge in [0.25, 0.3) is 0 Å². The Bertz CT molecular complexity index is 747. The summed E-state index contributed by atoms with van der Waals surface area (Å²) in [6, 6.07) is 9.78. The van der Waals surface area contributed by atoms with E-state index in [0.717, 1.165) is 22.6 Å². The van der Waals surface area contributed by atoms with Crippen molar-refractivity contribution < 1.29 is 14.0 Å². The van der Waals surface area contributed by atoms with Gasteiger partial charge < -0.3 is 14.2 Å². The van der Waals surface area contributed by atoms with Gasteiger partial charge in [-0.05, 0) is 56.2 Å². The maximum Gasteiger partial charge on any atom is 0.232 e. The Morgan fingerprint density at radius 3 is 2.60 bits per heavy atom. The molecule has 0 N–H and O–H groups in total. The lowest BCUT2D eigenvalue weighted by atomic mass is 10.1. The molecule has 1 saturated heterocycles. The molecule has 3 rings (SSSR count). The zero-order valence-corrected chi connectivity index (χ0v) is 15.0. The highest BCUT2D eigenvalue weighted by atomic mass is 16.3. The number of furan rings is 1. The summed E-state index contributed by atoms with van der Waals surface area (Å²) >= 11 is 0. The highest BCUT2D eigenvalue weighted by Crippen LogP contribution is 2.26. The fourth-order valence-electron chi connectivity index (χ4n) is 3.47. The number of hydrogen-bond donors (Lipinski definition) is 0. The second kappa shape index (κ2) is 7.13. The summed E-state index contributed by atoms with van der Waals surface area (Å²) in [6.07, 6.45) is 1.86. The standard InChI is InChI=1S/C20H24N2O3/c1-4-22(17-9-14(2)8-15(3)10-17)20(24)16-11-19(23)21(12-16)13-18-6-5-7-25-18/h5-10,16H,4,11-13H2,1-3H3. The summed E-state index contributed by atoms with van der Waals surface area (Å²) < 4.78 is 5.31. The zero-order valence-electron chi connectivity index (χ0n) is 15.0. The van der Waals surface area contributed by atoms with Gasteiger partial charge in [-0.2, -0.15) is 0 Å². The van der Waals surface area contributed by atoms with Crippen LogP contribution >= 0.6 is 0 Å². The van der Waals surface area contributed by atoms with E-state index in [2.05, 4.69) is 6.07 Å². The maximum absolute atomic E-state index is 13.0. The molecule has 0 aliphatic carbocycles. The predicted octanol–water partition coefficient (Wildman–Crippen LogP) is 3.30. The van der Waals surface area contributed by atoms with Gasteiger partial charge in [0.1, 0.15) is 5.76 Å². The van der Waals surface area contributed by atoms with Crippen LogP contribution in [0.1, 0.15) is 30.2 Å². The smallest absolute Gasteiger partial charge is 0.232 e. The van der Waals surface area contributed by atoms with Crippen LogP contribution in [0.2, 0.25) is 0 Å². The van der Waals surface area contributed by atoms with Gasteiger partial charge in [0.05, 0.1) is 18.7 Å². The predicted molar refractivity (Wildman–Crippen MR) is 96.2 cm³/mol. The molecule has 0 saturated carbocycles. The van der Waals surface area contributed by atoms with Crippen molar-refractivity contribution in [2.24, 2.45) is 5.92 Å². The summed E-state index contributed by atoms with van der Waals surface area (Å²) in [5, 5.41) is 0. The molecule has 2 heterocycles. The molecule has 1 aliphatic rings. The molecule has 1 aliphatic heterocycles. The van der Waals surface area contributed by atoms with E-state index in [4.69, 9.17) is 4.42 Å². The van der Waals surface area contributed by atoms with Crippen molar-refractivity contribution in [3.8, 4) is 0 Å². The van der Waals surface area contributed by atoms with Crippen LogP contribution in [-0.2, 0) is 16.1 Å². The summed E-state index contributed by atoms with van der Waals surface area (Å²) in [5.41, 5.74) is 3.16. The van der Waals surface area contributed by atoms with Gasteiger partial charge in [0.2, 0.25) is 11.8 Å². The van der Waals surface area contributed by atoms with Gasteiger partial charge in [-0.25, -0.2) is 0 Å². The van der Waals surface area contributed by atoms with Gasteiger partial charge >= 0.3 is 0 Å². The molecule has 1 fully saturated rings. The number of carbonyl (C=O) groups is 2. The molecule has 132 valence electrons. The molecular weight excluding hydrogens is 316 g/mol. The highest BCUT2D eigenvalue weighted by molar-refractivity contribution is 5.99. The highest BCUT2D eigenvalue weighted by Gasteiger charge is 2.36. The van der Waals surface area contributed by atoms with Crippen molar-refractivity contribution >= 4 is 17.5 Å². The molecule has 0 spiro atoms.